The molecule has 0 aromatic rings. The minimum Gasteiger partial charge on any atom is -0.444 e. The Morgan fingerprint density at radius 3 is 2.61 bits per heavy atom. The van der Waals surface area contributed by atoms with Crippen LogP contribution >= 0.6 is 15.9 Å². The Labute approximate surface area is 118 Å². The van der Waals surface area contributed by atoms with Crippen LogP contribution in [0.2, 0.25) is 0 Å². The lowest BCUT2D eigenvalue weighted by Crippen LogP contribution is -2.47. The molecule has 0 unspecified atom stereocenters. The molecule has 4 heteroatoms. The first kappa shape index (κ1) is 14.2. The number of fused-ring (bicyclic) bond motifs is 1. The number of hydrogen-bond acceptors (Lipinski definition) is 2. The Hall–Kier alpha value is -0.250. The van der Waals surface area contributed by atoms with Gasteiger partial charge in [0.15, 0.2) is 0 Å². The van der Waals surface area contributed by atoms with Gasteiger partial charge in [-0.1, -0.05) is 15.9 Å². The highest BCUT2D eigenvalue weighted by Crippen LogP contribution is 2.39. The fourth-order valence-electron chi connectivity index (χ4n) is 3.05. The molecule has 0 aromatic carbocycles. The van der Waals surface area contributed by atoms with Crippen LogP contribution in [0.15, 0.2) is 0 Å². The first-order valence-electron chi connectivity index (χ1n) is 6.97. The summed E-state index contributed by atoms with van der Waals surface area (Å²) in [5, 5.41) is 0. The average Bonchev–Trinajstić information content (AvgIpc) is 2.26. The number of halogens is 1. The molecule has 0 bridgehead atoms. The van der Waals surface area contributed by atoms with Crippen molar-refractivity contribution in [3.05, 3.63) is 0 Å². The fourth-order valence-corrected chi connectivity index (χ4v) is 3.80. The Morgan fingerprint density at radius 1 is 1.22 bits per heavy atom. The van der Waals surface area contributed by atoms with Crippen molar-refractivity contribution in [3.63, 3.8) is 0 Å². The second-order valence-electron chi connectivity index (χ2n) is 6.65. The summed E-state index contributed by atoms with van der Waals surface area (Å²) in [5.74, 6) is 1.47. The third-order valence-electron chi connectivity index (χ3n) is 3.95. The molecular formula is C14H24BrNO2. The number of carbonyl (C=O) groups is 1. The highest BCUT2D eigenvalue weighted by molar-refractivity contribution is 9.09. The molecule has 1 aliphatic carbocycles. The van der Waals surface area contributed by atoms with Crippen LogP contribution in [-0.2, 0) is 4.74 Å². The number of carbonyl (C=O) groups excluding carboxylic acids is 1. The maximum absolute atomic E-state index is 12.0. The molecule has 1 heterocycles. The van der Waals surface area contributed by atoms with Crippen LogP contribution in [0.4, 0.5) is 4.79 Å². The quantitative estimate of drug-likeness (QED) is 0.636. The van der Waals surface area contributed by atoms with Crippen molar-refractivity contribution >= 4 is 22.0 Å². The van der Waals surface area contributed by atoms with Gasteiger partial charge >= 0.3 is 6.09 Å². The number of rotatable bonds is 0. The van der Waals surface area contributed by atoms with Gasteiger partial charge in [0.05, 0.1) is 0 Å². The smallest absolute Gasteiger partial charge is 0.410 e. The van der Waals surface area contributed by atoms with E-state index in [-0.39, 0.29) is 11.7 Å². The standard InChI is InChI=1S/C14H24BrNO2/c1-14(2,3)18-13(17)16-7-6-10-8-12(15)5-4-11(10)9-16/h10-12H,4-9H2,1-3H3/t10-,11-,12-/m1/s1. The second kappa shape index (κ2) is 5.40. The highest BCUT2D eigenvalue weighted by Gasteiger charge is 2.36. The average molecular weight is 318 g/mol. The van der Waals surface area contributed by atoms with Crippen LogP contribution in [0, 0.1) is 11.8 Å². The summed E-state index contributed by atoms with van der Waals surface area (Å²) in [6, 6.07) is 0. The zero-order valence-corrected chi connectivity index (χ0v) is 13.2. The van der Waals surface area contributed by atoms with Crippen LogP contribution in [0.25, 0.3) is 0 Å². The molecule has 2 fully saturated rings. The van der Waals surface area contributed by atoms with Crippen LogP contribution < -0.4 is 0 Å². The summed E-state index contributed by atoms with van der Waals surface area (Å²) < 4.78 is 5.46. The van der Waals surface area contributed by atoms with Crippen molar-refractivity contribution in [2.75, 3.05) is 13.1 Å². The normalized spacial score (nSPS) is 32.9. The summed E-state index contributed by atoms with van der Waals surface area (Å²) in [5.41, 5.74) is -0.387. The molecule has 3 nitrogen and oxygen atoms in total. The lowest BCUT2D eigenvalue weighted by atomic mass is 9.75. The van der Waals surface area contributed by atoms with Crippen molar-refractivity contribution in [2.45, 2.75) is 56.9 Å². The summed E-state index contributed by atoms with van der Waals surface area (Å²) in [6.07, 6.45) is 4.74. The third kappa shape index (κ3) is 3.62. The van der Waals surface area contributed by atoms with Crippen molar-refractivity contribution < 1.29 is 9.53 Å². The van der Waals surface area contributed by atoms with Crippen molar-refractivity contribution in [1.29, 1.82) is 0 Å². The summed E-state index contributed by atoms with van der Waals surface area (Å²) in [6.45, 7) is 7.52. The molecular weight excluding hydrogens is 294 g/mol. The zero-order valence-electron chi connectivity index (χ0n) is 11.6. The summed E-state index contributed by atoms with van der Waals surface area (Å²) in [7, 11) is 0. The molecule has 1 amide bonds. The molecule has 0 radical (unpaired) electrons. The van der Waals surface area contributed by atoms with Crippen molar-refractivity contribution in [2.24, 2.45) is 11.8 Å². The number of alkyl halides is 1. The van der Waals surface area contributed by atoms with E-state index in [2.05, 4.69) is 15.9 Å². The Balaban J connectivity index is 1.89. The largest absolute Gasteiger partial charge is 0.444 e. The first-order valence-corrected chi connectivity index (χ1v) is 7.89. The van der Waals surface area contributed by atoms with E-state index in [4.69, 9.17) is 4.74 Å². The first-order chi connectivity index (χ1) is 8.35. The molecule has 0 N–H and O–H groups in total. The number of amides is 1. The Morgan fingerprint density at radius 2 is 1.94 bits per heavy atom. The number of piperidine rings is 1. The van der Waals surface area contributed by atoms with E-state index in [0.29, 0.717) is 10.7 Å². The third-order valence-corrected chi connectivity index (χ3v) is 4.78. The number of likely N-dealkylation sites (tertiary alicyclic amines) is 1. The second-order valence-corrected chi connectivity index (χ2v) is 7.94. The van der Waals surface area contributed by atoms with E-state index >= 15 is 0 Å². The highest BCUT2D eigenvalue weighted by atomic mass is 79.9. The van der Waals surface area contributed by atoms with Gasteiger partial charge in [-0.3, -0.25) is 0 Å². The molecule has 2 rings (SSSR count). The summed E-state index contributed by atoms with van der Waals surface area (Å²) >= 11 is 3.73. The fraction of sp³-hybridized carbons (Fsp3) is 0.929. The van der Waals surface area contributed by atoms with Gasteiger partial charge in [0.1, 0.15) is 5.60 Å². The molecule has 3 atom stereocenters. The van der Waals surface area contributed by atoms with Gasteiger partial charge in [-0.2, -0.15) is 0 Å². The van der Waals surface area contributed by atoms with E-state index in [0.717, 1.165) is 25.4 Å². The van der Waals surface area contributed by atoms with Crippen LogP contribution in [0.5, 0.6) is 0 Å². The Bertz CT molecular complexity index is 313. The monoisotopic (exact) mass is 317 g/mol. The van der Waals surface area contributed by atoms with Crippen LogP contribution in [-0.4, -0.2) is 34.5 Å². The topological polar surface area (TPSA) is 29.5 Å². The molecule has 0 spiro atoms. The Kier molecular flexibility index (Phi) is 4.25. The number of ether oxygens (including phenoxy) is 1. The summed E-state index contributed by atoms with van der Waals surface area (Å²) in [4.78, 5) is 14.6. The van der Waals surface area contributed by atoms with Gasteiger partial charge in [-0.05, 0) is 58.3 Å². The van der Waals surface area contributed by atoms with Gasteiger partial charge < -0.3 is 9.64 Å². The predicted molar refractivity (Wildman–Crippen MR) is 76.0 cm³/mol. The van der Waals surface area contributed by atoms with E-state index < -0.39 is 0 Å². The molecule has 1 saturated carbocycles. The van der Waals surface area contributed by atoms with Gasteiger partial charge in [-0.15, -0.1) is 0 Å². The van der Waals surface area contributed by atoms with Crippen molar-refractivity contribution in [3.8, 4) is 0 Å². The number of hydrogen-bond donors (Lipinski definition) is 0. The molecule has 104 valence electrons. The van der Waals surface area contributed by atoms with Crippen LogP contribution in [0.1, 0.15) is 46.5 Å². The van der Waals surface area contributed by atoms with E-state index in [9.17, 15) is 4.79 Å². The maximum Gasteiger partial charge on any atom is 0.410 e. The minimum absolute atomic E-state index is 0.137. The molecule has 1 aliphatic heterocycles. The zero-order chi connectivity index (χ0) is 13.3. The maximum atomic E-state index is 12.0. The van der Waals surface area contributed by atoms with E-state index in [1.165, 1.54) is 19.3 Å². The lowest BCUT2D eigenvalue weighted by Gasteiger charge is -2.42. The SMILES string of the molecule is CC(C)(C)OC(=O)N1CC[C@@H]2C[C@H](Br)CC[C@@H]2C1. The van der Waals surface area contributed by atoms with Gasteiger partial charge in [-0.25, -0.2) is 4.79 Å². The van der Waals surface area contributed by atoms with E-state index in [1.807, 2.05) is 25.7 Å². The van der Waals surface area contributed by atoms with E-state index in [1.54, 1.807) is 0 Å². The predicted octanol–water partition coefficient (Wildman–Crippen LogP) is 3.81. The van der Waals surface area contributed by atoms with Crippen molar-refractivity contribution in [1.82, 2.24) is 4.90 Å². The molecule has 2 aliphatic rings. The van der Waals surface area contributed by atoms with Gasteiger partial charge in [0, 0.05) is 17.9 Å². The molecule has 0 aromatic heterocycles. The molecule has 1 saturated heterocycles. The minimum atomic E-state index is -0.387. The number of nitrogens with zero attached hydrogens (tertiary/aromatic N) is 1. The van der Waals surface area contributed by atoms with Gasteiger partial charge in [0.25, 0.3) is 0 Å². The lowest BCUT2D eigenvalue weighted by molar-refractivity contribution is 0.00611. The molecule has 18 heavy (non-hydrogen) atoms. The van der Waals surface area contributed by atoms with Crippen LogP contribution in [0.3, 0.4) is 0 Å². The van der Waals surface area contributed by atoms with Gasteiger partial charge in [0.2, 0.25) is 0 Å².